The largest absolute Gasteiger partial charge is 0.452 e. The van der Waals surface area contributed by atoms with Gasteiger partial charge in [-0.2, -0.15) is 4.31 Å². The average Bonchev–Trinajstić information content (AvgIpc) is 2.77. The zero-order valence-electron chi connectivity index (χ0n) is 18.7. The fourth-order valence-electron chi connectivity index (χ4n) is 6.88. The molecule has 9 heteroatoms. The van der Waals surface area contributed by atoms with Crippen molar-refractivity contribution in [2.75, 3.05) is 19.7 Å². The Labute approximate surface area is 194 Å². The molecule has 1 aromatic carbocycles. The fourth-order valence-corrected chi connectivity index (χ4v) is 8.49. The average molecular weight is 479 g/mol. The number of amides is 1. The summed E-state index contributed by atoms with van der Waals surface area (Å²) >= 11 is 0. The fraction of sp³-hybridized carbons (Fsp3) is 0.667. The first-order chi connectivity index (χ1) is 15.7. The second-order valence-corrected chi connectivity index (χ2v) is 12.3. The van der Waals surface area contributed by atoms with E-state index in [1.165, 1.54) is 29.6 Å². The summed E-state index contributed by atoms with van der Waals surface area (Å²) in [5.74, 6) is -0.0493. The van der Waals surface area contributed by atoms with Gasteiger partial charge in [0.1, 0.15) is 10.7 Å². The standard InChI is InChI=1S/C24H31FN2O5S/c25-20-5-4-19(11-21(20)33(30,31)27-6-2-1-3-7-27)23(29)32-15-22(28)26-24-12-16-8-17(13-24)10-18(9-16)14-24/h4-5,11,16-18H,1-3,6-10,12-15H2,(H,26,28). The molecule has 0 atom stereocenters. The molecule has 180 valence electrons. The van der Waals surface area contributed by atoms with Crippen LogP contribution in [0.25, 0.3) is 0 Å². The van der Waals surface area contributed by atoms with Gasteiger partial charge in [-0.15, -0.1) is 0 Å². The molecule has 4 saturated carbocycles. The predicted octanol–water partition coefficient (Wildman–Crippen LogP) is 3.24. The number of piperidine rings is 1. The van der Waals surface area contributed by atoms with Gasteiger partial charge in [-0.25, -0.2) is 17.6 Å². The number of carbonyl (C=O) groups is 2. The summed E-state index contributed by atoms with van der Waals surface area (Å²) in [6, 6.07) is 3.16. The van der Waals surface area contributed by atoms with Crippen molar-refractivity contribution in [1.29, 1.82) is 0 Å². The predicted molar refractivity (Wildman–Crippen MR) is 118 cm³/mol. The summed E-state index contributed by atoms with van der Waals surface area (Å²) in [4.78, 5) is 24.6. The van der Waals surface area contributed by atoms with Crippen LogP contribution in [0, 0.1) is 23.6 Å². The number of sulfonamides is 1. The molecule has 1 aliphatic heterocycles. The Hall–Kier alpha value is -2.00. The summed E-state index contributed by atoms with van der Waals surface area (Å²) in [6.45, 7) is 0.230. The highest BCUT2D eigenvalue weighted by Gasteiger charge is 2.51. The third kappa shape index (κ3) is 4.54. The van der Waals surface area contributed by atoms with Crippen LogP contribution in [0.15, 0.2) is 23.1 Å². The van der Waals surface area contributed by atoms with Crippen molar-refractivity contribution in [3.63, 3.8) is 0 Å². The van der Waals surface area contributed by atoms with E-state index >= 15 is 0 Å². The molecule has 1 heterocycles. The smallest absolute Gasteiger partial charge is 0.338 e. The maximum Gasteiger partial charge on any atom is 0.338 e. The Kier molecular flexibility index (Phi) is 5.97. The normalized spacial score (nSPS) is 31.4. The SMILES string of the molecule is O=C(COC(=O)c1ccc(F)c(S(=O)(=O)N2CCCCC2)c1)NC12CC3CC(CC(C3)C1)C2. The van der Waals surface area contributed by atoms with Gasteiger partial charge in [0.15, 0.2) is 6.61 Å². The van der Waals surface area contributed by atoms with E-state index in [0.29, 0.717) is 30.8 Å². The first-order valence-electron chi connectivity index (χ1n) is 12.0. The van der Waals surface area contributed by atoms with E-state index in [1.807, 2.05) is 0 Å². The summed E-state index contributed by atoms with van der Waals surface area (Å²) in [6.07, 6.45) is 9.15. The molecule has 33 heavy (non-hydrogen) atoms. The summed E-state index contributed by atoms with van der Waals surface area (Å²) < 4.78 is 46.6. The monoisotopic (exact) mass is 478 g/mol. The van der Waals surface area contributed by atoms with E-state index in [2.05, 4.69) is 5.32 Å². The van der Waals surface area contributed by atoms with Gasteiger partial charge >= 0.3 is 5.97 Å². The second-order valence-electron chi connectivity index (χ2n) is 10.4. The Morgan fingerprint density at radius 2 is 1.64 bits per heavy atom. The highest BCUT2D eigenvalue weighted by Crippen LogP contribution is 2.55. The summed E-state index contributed by atoms with van der Waals surface area (Å²) in [7, 11) is -4.04. The van der Waals surface area contributed by atoms with Crippen molar-refractivity contribution in [2.24, 2.45) is 17.8 Å². The minimum absolute atomic E-state index is 0.0883. The zero-order valence-corrected chi connectivity index (χ0v) is 19.5. The number of halogens is 1. The van der Waals surface area contributed by atoms with E-state index in [9.17, 15) is 22.4 Å². The molecule has 0 aromatic heterocycles. The Balaban J connectivity index is 1.22. The van der Waals surface area contributed by atoms with Gasteiger partial charge < -0.3 is 10.1 Å². The third-order valence-electron chi connectivity index (χ3n) is 7.88. The molecule has 1 saturated heterocycles. The molecule has 1 N–H and O–H groups in total. The second kappa shape index (κ2) is 8.65. The first-order valence-corrected chi connectivity index (χ1v) is 13.5. The van der Waals surface area contributed by atoms with Gasteiger partial charge in [0.05, 0.1) is 5.56 Å². The Morgan fingerprint density at radius 1 is 1.03 bits per heavy atom. The Bertz CT molecular complexity index is 1020. The molecular formula is C24H31FN2O5S. The van der Waals surface area contributed by atoms with Crippen LogP contribution < -0.4 is 5.32 Å². The summed E-state index contributed by atoms with van der Waals surface area (Å²) in [5, 5.41) is 3.14. The van der Waals surface area contributed by atoms with E-state index in [0.717, 1.165) is 50.7 Å². The van der Waals surface area contributed by atoms with Gasteiger partial charge in [-0.3, -0.25) is 4.79 Å². The van der Waals surface area contributed by atoms with Crippen LogP contribution in [0.4, 0.5) is 4.39 Å². The van der Waals surface area contributed by atoms with Crippen LogP contribution in [0.1, 0.15) is 68.1 Å². The van der Waals surface area contributed by atoms with Gasteiger partial charge in [0.2, 0.25) is 10.0 Å². The zero-order chi connectivity index (χ0) is 23.2. The van der Waals surface area contributed by atoms with Crippen molar-refractivity contribution in [2.45, 2.75) is 68.2 Å². The van der Waals surface area contributed by atoms with Gasteiger partial charge in [-0.1, -0.05) is 6.42 Å². The highest BCUT2D eigenvalue weighted by atomic mass is 32.2. The van der Waals surface area contributed by atoms with E-state index in [-0.39, 0.29) is 17.0 Å². The minimum atomic E-state index is -4.04. The first kappa shape index (κ1) is 22.8. The molecule has 6 rings (SSSR count). The lowest BCUT2D eigenvalue weighted by Gasteiger charge is -2.56. The number of esters is 1. The van der Waals surface area contributed by atoms with Crippen LogP contribution in [-0.2, 0) is 19.6 Å². The van der Waals surface area contributed by atoms with Crippen LogP contribution in [0.5, 0.6) is 0 Å². The van der Waals surface area contributed by atoms with Crippen LogP contribution in [0.3, 0.4) is 0 Å². The van der Waals surface area contributed by atoms with Crippen LogP contribution in [0.2, 0.25) is 0 Å². The molecule has 0 spiro atoms. The summed E-state index contributed by atoms with van der Waals surface area (Å²) in [5.41, 5.74) is -0.265. The molecule has 0 unspecified atom stereocenters. The van der Waals surface area contributed by atoms with Crippen molar-refractivity contribution >= 4 is 21.9 Å². The molecule has 1 amide bonds. The lowest BCUT2D eigenvalue weighted by molar-refractivity contribution is -0.130. The molecule has 7 nitrogen and oxygen atoms in total. The number of carbonyl (C=O) groups excluding carboxylic acids is 2. The lowest BCUT2D eigenvalue weighted by Crippen LogP contribution is -2.60. The van der Waals surface area contributed by atoms with E-state index in [4.69, 9.17) is 4.74 Å². The molecule has 5 aliphatic rings. The molecule has 4 bridgehead atoms. The topological polar surface area (TPSA) is 92.8 Å². The van der Waals surface area contributed by atoms with Crippen molar-refractivity contribution in [1.82, 2.24) is 9.62 Å². The van der Waals surface area contributed by atoms with Crippen molar-refractivity contribution < 1.29 is 27.1 Å². The number of hydrogen-bond donors (Lipinski definition) is 1. The number of nitrogens with one attached hydrogen (secondary N) is 1. The van der Waals surface area contributed by atoms with Gasteiger partial charge in [-0.05, 0) is 87.3 Å². The maximum atomic E-state index is 14.4. The van der Waals surface area contributed by atoms with Gasteiger partial charge in [0.25, 0.3) is 5.91 Å². The van der Waals surface area contributed by atoms with Crippen molar-refractivity contribution in [3.8, 4) is 0 Å². The number of rotatable bonds is 6. The molecule has 5 fully saturated rings. The van der Waals surface area contributed by atoms with Crippen LogP contribution >= 0.6 is 0 Å². The van der Waals surface area contributed by atoms with Crippen LogP contribution in [-0.4, -0.2) is 49.8 Å². The number of benzene rings is 1. The quantitative estimate of drug-likeness (QED) is 0.634. The maximum absolute atomic E-state index is 14.4. The number of hydrogen-bond acceptors (Lipinski definition) is 5. The molecule has 0 radical (unpaired) electrons. The minimum Gasteiger partial charge on any atom is -0.452 e. The molecule has 1 aromatic rings. The molecular weight excluding hydrogens is 447 g/mol. The molecule has 4 aliphatic carbocycles. The lowest BCUT2D eigenvalue weighted by atomic mass is 9.53. The number of nitrogens with zero attached hydrogens (tertiary/aromatic N) is 1. The van der Waals surface area contributed by atoms with Crippen molar-refractivity contribution in [3.05, 3.63) is 29.6 Å². The van der Waals surface area contributed by atoms with Gasteiger partial charge in [0, 0.05) is 18.6 Å². The third-order valence-corrected chi connectivity index (χ3v) is 9.79. The van der Waals surface area contributed by atoms with E-state index in [1.54, 1.807) is 0 Å². The highest BCUT2D eigenvalue weighted by molar-refractivity contribution is 7.89. The Morgan fingerprint density at radius 3 is 2.24 bits per heavy atom. The van der Waals surface area contributed by atoms with E-state index < -0.39 is 33.3 Å². The number of ether oxygens (including phenoxy) is 1.